The van der Waals surface area contributed by atoms with Gasteiger partial charge in [-0.3, -0.25) is 4.90 Å². The van der Waals surface area contributed by atoms with Gasteiger partial charge in [-0.1, -0.05) is 60.7 Å². The number of carbonyl (C=O) groups is 1. The van der Waals surface area contributed by atoms with Gasteiger partial charge in [-0.25, -0.2) is 4.79 Å². The highest BCUT2D eigenvalue weighted by atomic mass is 16.4. The Morgan fingerprint density at radius 3 is 2.00 bits per heavy atom. The normalized spacial score (nSPS) is 20.3. The van der Waals surface area contributed by atoms with Crippen LogP contribution in [0.15, 0.2) is 60.7 Å². The molecule has 0 spiro atoms. The summed E-state index contributed by atoms with van der Waals surface area (Å²) >= 11 is 0. The van der Waals surface area contributed by atoms with Crippen molar-refractivity contribution in [3.63, 3.8) is 0 Å². The zero-order chi connectivity index (χ0) is 18.4. The lowest BCUT2D eigenvalue weighted by atomic mass is 9.93. The first-order chi connectivity index (χ1) is 12.6. The average molecular weight is 354 g/mol. The fraction of sp³-hybridized carbons (Fsp3) is 0.381. The van der Waals surface area contributed by atoms with Crippen LogP contribution in [0.1, 0.15) is 17.5 Å². The molecule has 1 aliphatic rings. The summed E-state index contributed by atoms with van der Waals surface area (Å²) < 4.78 is 0. The van der Waals surface area contributed by atoms with Gasteiger partial charge in [0.1, 0.15) is 0 Å². The third kappa shape index (κ3) is 5.07. The van der Waals surface area contributed by atoms with Crippen molar-refractivity contribution in [1.82, 2.24) is 9.80 Å². The van der Waals surface area contributed by atoms with Crippen molar-refractivity contribution in [3.8, 4) is 0 Å². The number of rotatable bonds is 6. The Labute approximate surface area is 154 Å². The summed E-state index contributed by atoms with van der Waals surface area (Å²) in [6, 6.07) is 20.6. The van der Waals surface area contributed by atoms with Gasteiger partial charge in [0.2, 0.25) is 0 Å². The van der Waals surface area contributed by atoms with E-state index in [-0.39, 0.29) is 12.5 Å². The number of aliphatic hydroxyl groups is 1. The Bertz CT molecular complexity index is 651. The molecule has 1 amide bonds. The van der Waals surface area contributed by atoms with Crippen LogP contribution < -0.4 is 0 Å². The number of β-amino-alcohol motifs (C(OH)–C–C–N with tert-alkyl or cyclic N) is 1. The predicted molar refractivity (Wildman–Crippen MR) is 101 cm³/mol. The number of benzene rings is 2. The maximum atomic E-state index is 11.1. The maximum absolute atomic E-state index is 11.1. The molecule has 0 aromatic heterocycles. The second-order valence-corrected chi connectivity index (χ2v) is 6.99. The van der Waals surface area contributed by atoms with Crippen LogP contribution in [0, 0.1) is 5.92 Å². The van der Waals surface area contributed by atoms with Crippen LogP contribution in [0.5, 0.6) is 0 Å². The minimum absolute atomic E-state index is 0.0815. The van der Waals surface area contributed by atoms with Gasteiger partial charge in [0.15, 0.2) is 0 Å². The number of aliphatic hydroxyl groups excluding tert-OH is 1. The first-order valence-corrected chi connectivity index (χ1v) is 9.08. The second kappa shape index (κ2) is 8.83. The molecule has 5 heteroatoms. The molecule has 5 nitrogen and oxygen atoms in total. The predicted octanol–water partition coefficient (Wildman–Crippen LogP) is 3.05. The third-order valence-corrected chi connectivity index (χ3v) is 4.98. The van der Waals surface area contributed by atoms with Crippen molar-refractivity contribution in [2.24, 2.45) is 5.92 Å². The van der Waals surface area contributed by atoms with E-state index in [0.29, 0.717) is 13.0 Å². The number of likely N-dealkylation sites (tertiary alicyclic amines) is 1. The van der Waals surface area contributed by atoms with Gasteiger partial charge < -0.3 is 15.1 Å². The van der Waals surface area contributed by atoms with Crippen LogP contribution in [0.2, 0.25) is 0 Å². The van der Waals surface area contributed by atoms with Crippen molar-refractivity contribution >= 4 is 6.09 Å². The molecule has 2 atom stereocenters. The third-order valence-electron chi connectivity index (χ3n) is 4.98. The van der Waals surface area contributed by atoms with Gasteiger partial charge in [-0.15, -0.1) is 0 Å². The molecule has 1 aliphatic heterocycles. The number of piperidine rings is 1. The Morgan fingerprint density at radius 1 is 1.00 bits per heavy atom. The Kier molecular flexibility index (Phi) is 6.26. The molecule has 1 heterocycles. The van der Waals surface area contributed by atoms with Gasteiger partial charge in [0.25, 0.3) is 0 Å². The van der Waals surface area contributed by atoms with Crippen molar-refractivity contribution in [2.75, 3.05) is 19.6 Å². The number of hydrogen-bond donors (Lipinski definition) is 2. The van der Waals surface area contributed by atoms with Crippen molar-refractivity contribution in [3.05, 3.63) is 71.8 Å². The zero-order valence-electron chi connectivity index (χ0n) is 14.9. The summed E-state index contributed by atoms with van der Waals surface area (Å²) in [5.41, 5.74) is 2.47. The minimum Gasteiger partial charge on any atom is -0.465 e. The highest BCUT2D eigenvalue weighted by molar-refractivity contribution is 5.65. The lowest BCUT2D eigenvalue weighted by molar-refractivity contribution is 0.00811. The Morgan fingerprint density at radius 2 is 1.54 bits per heavy atom. The summed E-state index contributed by atoms with van der Waals surface area (Å²) in [6.45, 7) is 3.05. The van der Waals surface area contributed by atoms with Crippen LogP contribution in [0.25, 0.3) is 0 Å². The maximum Gasteiger partial charge on any atom is 0.407 e. The van der Waals surface area contributed by atoms with E-state index >= 15 is 0 Å². The molecule has 0 radical (unpaired) electrons. The first-order valence-electron chi connectivity index (χ1n) is 9.08. The molecule has 2 aromatic rings. The molecule has 2 N–H and O–H groups in total. The molecule has 1 saturated heterocycles. The monoisotopic (exact) mass is 354 g/mol. The van der Waals surface area contributed by atoms with E-state index in [1.54, 1.807) is 0 Å². The molecule has 0 bridgehead atoms. The summed E-state index contributed by atoms with van der Waals surface area (Å²) in [5.74, 6) is 0.0815. The molecule has 0 unspecified atom stereocenters. The van der Waals surface area contributed by atoms with Crippen LogP contribution in [-0.4, -0.2) is 51.8 Å². The number of hydrogen-bond acceptors (Lipinski definition) is 3. The molecule has 0 saturated carbocycles. The van der Waals surface area contributed by atoms with Crippen LogP contribution in [0.4, 0.5) is 4.79 Å². The van der Waals surface area contributed by atoms with Gasteiger partial charge in [0, 0.05) is 32.1 Å². The molecule has 2 aromatic carbocycles. The van der Waals surface area contributed by atoms with E-state index in [9.17, 15) is 9.90 Å². The standard InChI is InChI=1S/C21H26N2O3/c24-20-16-23(21(25)26)12-11-19(20)15-22(13-17-7-3-1-4-8-17)14-18-9-5-2-6-10-18/h1-10,19-20,24H,11-16H2,(H,25,26)/t19-,20+/m1/s1. The summed E-state index contributed by atoms with van der Waals surface area (Å²) in [5, 5.41) is 19.6. The van der Waals surface area contributed by atoms with E-state index in [1.165, 1.54) is 16.0 Å². The van der Waals surface area contributed by atoms with Crippen LogP contribution >= 0.6 is 0 Å². The SMILES string of the molecule is O=C(O)N1CC[C@H](CN(Cc2ccccc2)Cc2ccccc2)[C@@H](O)C1. The molecule has 138 valence electrons. The van der Waals surface area contributed by atoms with Crippen molar-refractivity contribution < 1.29 is 15.0 Å². The molecular formula is C21H26N2O3. The van der Waals surface area contributed by atoms with Crippen LogP contribution in [0.3, 0.4) is 0 Å². The summed E-state index contributed by atoms with van der Waals surface area (Å²) in [7, 11) is 0. The smallest absolute Gasteiger partial charge is 0.407 e. The highest BCUT2D eigenvalue weighted by Crippen LogP contribution is 2.21. The van der Waals surface area contributed by atoms with Gasteiger partial charge in [0.05, 0.1) is 12.6 Å². The number of carboxylic acid groups (broad SMARTS) is 1. The first kappa shape index (κ1) is 18.4. The van der Waals surface area contributed by atoms with E-state index in [0.717, 1.165) is 19.6 Å². The van der Waals surface area contributed by atoms with E-state index in [2.05, 4.69) is 29.2 Å². The van der Waals surface area contributed by atoms with Crippen molar-refractivity contribution in [2.45, 2.75) is 25.6 Å². The topological polar surface area (TPSA) is 64.0 Å². The van der Waals surface area contributed by atoms with Crippen LogP contribution in [-0.2, 0) is 13.1 Å². The summed E-state index contributed by atoms with van der Waals surface area (Å²) in [4.78, 5) is 14.8. The largest absolute Gasteiger partial charge is 0.465 e. The van der Waals surface area contributed by atoms with Gasteiger partial charge >= 0.3 is 6.09 Å². The summed E-state index contributed by atoms with van der Waals surface area (Å²) in [6.07, 6.45) is -0.880. The Balaban J connectivity index is 1.68. The molecule has 26 heavy (non-hydrogen) atoms. The van der Waals surface area contributed by atoms with E-state index in [1.807, 2.05) is 36.4 Å². The fourth-order valence-electron chi connectivity index (χ4n) is 3.57. The fourth-order valence-corrected chi connectivity index (χ4v) is 3.57. The van der Waals surface area contributed by atoms with E-state index < -0.39 is 12.2 Å². The van der Waals surface area contributed by atoms with Gasteiger partial charge in [-0.2, -0.15) is 0 Å². The lowest BCUT2D eigenvalue weighted by Crippen LogP contribution is -2.49. The van der Waals surface area contributed by atoms with Gasteiger partial charge in [-0.05, 0) is 17.5 Å². The lowest BCUT2D eigenvalue weighted by Gasteiger charge is -2.37. The number of amides is 1. The average Bonchev–Trinajstić information content (AvgIpc) is 2.65. The second-order valence-electron chi connectivity index (χ2n) is 6.99. The molecular weight excluding hydrogens is 328 g/mol. The van der Waals surface area contributed by atoms with Crippen molar-refractivity contribution in [1.29, 1.82) is 0 Å². The van der Waals surface area contributed by atoms with E-state index in [4.69, 9.17) is 5.11 Å². The molecule has 0 aliphatic carbocycles. The minimum atomic E-state index is -0.951. The highest BCUT2D eigenvalue weighted by Gasteiger charge is 2.31. The Hall–Kier alpha value is -2.37. The molecule has 1 fully saturated rings. The zero-order valence-corrected chi connectivity index (χ0v) is 14.9. The quantitative estimate of drug-likeness (QED) is 0.837. The molecule has 3 rings (SSSR count). The number of nitrogens with zero attached hydrogens (tertiary/aromatic N) is 2.